The second kappa shape index (κ2) is 5.95. The molecule has 0 heterocycles. The lowest BCUT2D eigenvalue weighted by Crippen LogP contribution is -2.10. The number of carbonyl (C=O) groups is 1. The van der Waals surface area contributed by atoms with Crippen molar-refractivity contribution in [1.29, 1.82) is 0 Å². The van der Waals surface area contributed by atoms with Crippen LogP contribution in [0.5, 0.6) is 0 Å². The predicted molar refractivity (Wildman–Crippen MR) is 80.6 cm³/mol. The van der Waals surface area contributed by atoms with Crippen LogP contribution in [0, 0.1) is 26.6 Å². The number of hydrogen-bond donors (Lipinski definition) is 1. The van der Waals surface area contributed by atoms with E-state index in [9.17, 15) is 9.18 Å². The molecule has 0 amide bonds. The van der Waals surface area contributed by atoms with Gasteiger partial charge in [0, 0.05) is 5.69 Å². The van der Waals surface area contributed by atoms with Crippen LogP contribution in [0.4, 0.5) is 10.1 Å². The number of benzene rings is 2. The van der Waals surface area contributed by atoms with E-state index in [-0.39, 0.29) is 17.9 Å². The maximum absolute atomic E-state index is 13.0. The predicted octanol–water partition coefficient (Wildman–Crippen LogP) is 3.69. The number of rotatable bonds is 3. The minimum Gasteiger partial charge on any atom is -0.457 e. The van der Waals surface area contributed by atoms with Crippen LogP contribution in [-0.2, 0) is 11.3 Å². The van der Waals surface area contributed by atoms with Crippen molar-refractivity contribution >= 4 is 11.7 Å². The molecule has 2 aromatic rings. The monoisotopic (exact) mass is 287 g/mol. The van der Waals surface area contributed by atoms with Crippen LogP contribution in [0.25, 0.3) is 0 Å². The van der Waals surface area contributed by atoms with Gasteiger partial charge in [0.25, 0.3) is 0 Å². The summed E-state index contributed by atoms with van der Waals surface area (Å²) in [6.45, 7) is 6.16. The molecule has 2 N–H and O–H groups in total. The molecule has 2 aromatic carbocycles. The standard InChI is InChI=1S/C17H18FNO2/c1-10-6-11(2)15(12(3)7-10)9-21-17(20)14-5-4-13(18)8-16(14)19/h4-8H,9,19H2,1-3H3. The minimum atomic E-state index is -0.549. The Balaban J connectivity index is 2.15. The third kappa shape index (κ3) is 3.40. The van der Waals surface area contributed by atoms with Crippen molar-refractivity contribution in [3.63, 3.8) is 0 Å². The van der Waals surface area contributed by atoms with Crippen molar-refractivity contribution in [2.75, 3.05) is 5.73 Å². The molecule has 0 radical (unpaired) electrons. The number of carbonyl (C=O) groups excluding carboxylic acids is 1. The lowest BCUT2D eigenvalue weighted by atomic mass is 10.0. The van der Waals surface area contributed by atoms with Crippen LogP contribution in [0.3, 0.4) is 0 Å². The highest BCUT2D eigenvalue weighted by molar-refractivity contribution is 5.95. The molecule has 0 aromatic heterocycles. The van der Waals surface area contributed by atoms with Crippen LogP contribution in [0.2, 0.25) is 0 Å². The Labute approximate surface area is 123 Å². The zero-order chi connectivity index (χ0) is 15.6. The molecule has 0 atom stereocenters. The van der Waals surface area contributed by atoms with Crippen molar-refractivity contribution < 1.29 is 13.9 Å². The largest absolute Gasteiger partial charge is 0.457 e. The highest BCUT2D eigenvalue weighted by Gasteiger charge is 2.13. The van der Waals surface area contributed by atoms with Gasteiger partial charge in [0.15, 0.2) is 0 Å². The Hall–Kier alpha value is -2.36. The van der Waals surface area contributed by atoms with E-state index in [1.807, 2.05) is 32.9 Å². The smallest absolute Gasteiger partial charge is 0.340 e. The molecule has 4 heteroatoms. The van der Waals surface area contributed by atoms with Gasteiger partial charge in [-0.05, 0) is 55.7 Å². The number of nitrogen functional groups attached to an aromatic ring is 1. The van der Waals surface area contributed by atoms with E-state index < -0.39 is 11.8 Å². The Kier molecular flexibility index (Phi) is 4.26. The molecule has 0 saturated heterocycles. The van der Waals surface area contributed by atoms with Gasteiger partial charge in [-0.25, -0.2) is 9.18 Å². The third-order valence-electron chi connectivity index (χ3n) is 3.42. The number of nitrogens with two attached hydrogens (primary N) is 1. The Morgan fingerprint density at radius 2 is 1.76 bits per heavy atom. The summed E-state index contributed by atoms with van der Waals surface area (Å²) in [5, 5.41) is 0. The summed E-state index contributed by atoms with van der Waals surface area (Å²) < 4.78 is 18.3. The Bertz CT molecular complexity index is 672. The van der Waals surface area contributed by atoms with Crippen molar-refractivity contribution in [2.24, 2.45) is 0 Å². The molecule has 0 fully saturated rings. The SMILES string of the molecule is Cc1cc(C)c(COC(=O)c2ccc(F)cc2N)c(C)c1. The van der Waals surface area contributed by atoms with E-state index in [0.717, 1.165) is 22.8 Å². The molecule has 3 nitrogen and oxygen atoms in total. The van der Waals surface area contributed by atoms with Gasteiger partial charge in [-0.1, -0.05) is 17.7 Å². The zero-order valence-corrected chi connectivity index (χ0v) is 12.4. The van der Waals surface area contributed by atoms with E-state index in [1.165, 1.54) is 17.7 Å². The summed E-state index contributed by atoms with van der Waals surface area (Å²) in [7, 11) is 0. The van der Waals surface area contributed by atoms with Crippen LogP contribution in [0.1, 0.15) is 32.6 Å². The van der Waals surface area contributed by atoms with E-state index >= 15 is 0 Å². The maximum Gasteiger partial charge on any atom is 0.340 e. The number of esters is 1. The normalized spacial score (nSPS) is 10.5. The van der Waals surface area contributed by atoms with Gasteiger partial charge in [0.1, 0.15) is 12.4 Å². The second-order valence-corrected chi connectivity index (χ2v) is 5.18. The first-order valence-corrected chi connectivity index (χ1v) is 6.67. The molecular weight excluding hydrogens is 269 g/mol. The summed E-state index contributed by atoms with van der Waals surface area (Å²) in [6, 6.07) is 7.72. The van der Waals surface area contributed by atoms with Crippen LogP contribution in [-0.4, -0.2) is 5.97 Å². The Morgan fingerprint density at radius 1 is 1.14 bits per heavy atom. The first kappa shape index (κ1) is 15.0. The molecule has 2 rings (SSSR count). The topological polar surface area (TPSA) is 52.3 Å². The minimum absolute atomic E-state index is 0.0809. The van der Waals surface area contributed by atoms with Crippen LogP contribution >= 0.6 is 0 Å². The summed E-state index contributed by atoms with van der Waals surface area (Å²) in [5.41, 5.74) is 10.2. The number of hydrogen-bond acceptors (Lipinski definition) is 3. The lowest BCUT2D eigenvalue weighted by molar-refractivity contribution is 0.0473. The highest BCUT2D eigenvalue weighted by Crippen LogP contribution is 2.19. The Morgan fingerprint density at radius 3 is 2.33 bits per heavy atom. The summed E-state index contributed by atoms with van der Waals surface area (Å²) in [5.74, 6) is -1.03. The molecule has 0 aliphatic heterocycles. The molecule has 0 bridgehead atoms. The summed E-state index contributed by atoms with van der Waals surface area (Å²) in [4.78, 5) is 12.0. The van der Waals surface area contributed by atoms with Gasteiger partial charge in [0.05, 0.1) is 5.56 Å². The maximum atomic E-state index is 13.0. The molecule has 21 heavy (non-hydrogen) atoms. The summed E-state index contributed by atoms with van der Waals surface area (Å²) in [6.07, 6.45) is 0. The van der Waals surface area contributed by atoms with E-state index in [1.54, 1.807) is 0 Å². The molecule has 0 aliphatic rings. The first-order chi connectivity index (χ1) is 9.88. The molecule has 110 valence electrons. The van der Waals surface area contributed by atoms with Gasteiger partial charge in [-0.3, -0.25) is 0 Å². The molecule has 0 aliphatic carbocycles. The molecule has 0 unspecified atom stereocenters. The van der Waals surface area contributed by atoms with Crippen molar-refractivity contribution in [3.8, 4) is 0 Å². The van der Waals surface area contributed by atoms with E-state index in [0.29, 0.717) is 0 Å². The third-order valence-corrected chi connectivity index (χ3v) is 3.42. The fourth-order valence-electron chi connectivity index (χ4n) is 2.37. The average Bonchev–Trinajstić information content (AvgIpc) is 2.36. The zero-order valence-electron chi connectivity index (χ0n) is 12.4. The van der Waals surface area contributed by atoms with Crippen molar-refractivity contribution in [3.05, 3.63) is 64.0 Å². The van der Waals surface area contributed by atoms with Crippen molar-refractivity contribution in [1.82, 2.24) is 0 Å². The van der Waals surface area contributed by atoms with Gasteiger partial charge in [-0.2, -0.15) is 0 Å². The number of aryl methyl sites for hydroxylation is 3. The number of anilines is 1. The number of halogens is 1. The van der Waals surface area contributed by atoms with Gasteiger partial charge in [-0.15, -0.1) is 0 Å². The molecular formula is C17H18FNO2. The highest BCUT2D eigenvalue weighted by atomic mass is 19.1. The van der Waals surface area contributed by atoms with Crippen LogP contribution in [0.15, 0.2) is 30.3 Å². The summed E-state index contributed by atoms with van der Waals surface area (Å²) >= 11 is 0. The fourth-order valence-corrected chi connectivity index (χ4v) is 2.37. The molecule has 0 saturated carbocycles. The van der Waals surface area contributed by atoms with Crippen molar-refractivity contribution in [2.45, 2.75) is 27.4 Å². The van der Waals surface area contributed by atoms with Crippen LogP contribution < -0.4 is 5.73 Å². The second-order valence-electron chi connectivity index (χ2n) is 5.18. The fraction of sp³-hybridized carbons (Fsp3) is 0.235. The van der Waals surface area contributed by atoms with E-state index in [2.05, 4.69) is 0 Å². The first-order valence-electron chi connectivity index (χ1n) is 6.67. The van der Waals surface area contributed by atoms with Gasteiger partial charge in [0.2, 0.25) is 0 Å². The average molecular weight is 287 g/mol. The lowest BCUT2D eigenvalue weighted by Gasteiger charge is -2.12. The number of ether oxygens (including phenoxy) is 1. The van der Waals surface area contributed by atoms with Gasteiger partial charge < -0.3 is 10.5 Å². The molecule has 0 spiro atoms. The quantitative estimate of drug-likeness (QED) is 0.692. The van der Waals surface area contributed by atoms with Gasteiger partial charge >= 0.3 is 5.97 Å². The van der Waals surface area contributed by atoms with E-state index in [4.69, 9.17) is 10.5 Å².